The number of hydrogen-bond donors (Lipinski definition) is 2. The van der Waals surface area contributed by atoms with E-state index in [4.69, 9.17) is 4.74 Å². The third-order valence-corrected chi connectivity index (χ3v) is 2.64. The van der Waals surface area contributed by atoms with Crippen molar-refractivity contribution in [2.24, 2.45) is 5.92 Å². The maximum atomic E-state index is 11.4. The second kappa shape index (κ2) is 4.61. The van der Waals surface area contributed by atoms with E-state index in [1.807, 2.05) is 13.8 Å². The first-order chi connectivity index (χ1) is 7.00. The van der Waals surface area contributed by atoms with E-state index in [2.05, 4.69) is 10.6 Å². The molecule has 2 N–H and O–H groups in total. The zero-order chi connectivity index (χ0) is 11.5. The van der Waals surface area contributed by atoms with Gasteiger partial charge in [-0.3, -0.25) is 14.9 Å². The van der Waals surface area contributed by atoms with E-state index >= 15 is 0 Å². The first-order valence-electron chi connectivity index (χ1n) is 5.22. The van der Waals surface area contributed by atoms with Crippen LogP contribution in [0.15, 0.2) is 0 Å². The standard InChI is InChI=1S/C10H18N2O3/c1-4-15-9(14)5-10(7(2)3)11-6-8(13)12-10/h7,11H,4-6H2,1-3H3,(H,12,13). The van der Waals surface area contributed by atoms with Gasteiger partial charge < -0.3 is 10.1 Å². The van der Waals surface area contributed by atoms with Gasteiger partial charge in [0, 0.05) is 0 Å². The summed E-state index contributed by atoms with van der Waals surface area (Å²) >= 11 is 0. The Kier molecular flexibility index (Phi) is 3.68. The van der Waals surface area contributed by atoms with Crippen molar-refractivity contribution in [2.45, 2.75) is 32.9 Å². The Labute approximate surface area is 89.6 Å². The normalized spacial score (nSPS) is 25.5. The lowest BCUT2D eigenvalue weighted by Crippen LogP contribution is -2.55. The summed E-state index contributed by atoms with van der Waals surface area (Å²) in [6.07, 6.45) is 0.171. The average Bonchev–Trinajstić information content (AvgIpc) is 2.49. The van der Waals surface area contributed by atoms with Crippen molar-refractivity contribution in [3.05, 3.63) is 0 Å². The Morgan fingerprint density at radius 1 is 1.60 bits per heavy atom. The van der Waals surface area contributed by atoms with Crippen molar-refractivity contribution >= 4 is 11.9 Å². The molecule has 0 radical (unpaired) electrons. The second-order valence-electron chi connectivity index (χ2n) is 4.01. The molecule has 0 bridgehead atoms. The monoisotopic (exact) mass is 214 g/mol. The van der Waals surface area contributed by atoms with E-state index < -0.39 is 5.66 Å². The van der Waals surface area contributed by atoms with Crippen LogP contribution in [0.4, 0.5) is 0 Å². The van der Waals surface area contributed by atoms with Crippen molar-refractivity contribution in [2.75, 3.05) is 13.2 Å². The molecule has 1 fully saturated rings. The largest absolute Gasteiger partial charge is 0.466 e. The highest BCUT2D eigenvalue weighted by atomic mass is 16.5. The minimum atomic E-state index is -0.636. The molecule has 86 valence electrons. The van der Waals surface area contributed by atoms with E-state index in [0.717, 1.165) is 0 Å². The summed E-state index contributed by atoms with van der Waals surface area (Å²) in [5.41, 5.74) is -0.636. The number of carbonyl (C=O) groups is 2. The fraction of sp³-hybridized carbons (Fsp3) is 0.800. The van der Waals surface area contributed by atoms with Crippen LogP contribution in [0.25, 0.3) is 0 Å². The number of nitrogens with one attached hydrogen (secondary N) is 2. The van der Waals surface area contributed by atoms with Gasteiger partial charge in [0.2, 0.25) is 5.91 Å². The smallest absolute Gasteiger partial charge is 0.309 e. The molecule has 1 amide bonds. The highest BCUT2D eigenvalue weighted by Gasteiger charge is 2.42. The van der Waals surface area contributed by atoms with E-state index in [0.29, 0.717) is 6.61 Å². The van der Waals surface area contributed by atoms with Crippen LogP contribution in [0, 0.1) is 5.92 Å². The molecule has 0 saturated carbocycles. The summed E-state index contributed by atoms with van der Waals surface area (Å²) in [5.74, 6) is -0.234. The van der Waals surface area contributed by atoms with Gasteiger partial charge in [-0.15, -0.1) is 0 Å². The van der Waals surface area contributed by atoms with Crippen molar-refractivity contribution in [3.63, 3.8) is 0 Å². The fourth-order valence-electron chi connectivity index (χ4n) is 1.67. The fourth-order valence-corrected chi connectivity index (χ4v) is 1.67. The molecule has 1 rings (SSSR count). The van der Waals surface area contributed by atoms with Crippen LogP contribution in [0.5, 0.6) is 0 Å². The molecule has 1 aliphatic heterocycles. The minimum absolute atomic E-state index is 0.0759. The number of ether oxygens (including phenoxy) is 1. The predicted octanol–water partition coefficient (Wildman–Crippen LogP) is 0.0113. The third-order valence-electron chi connectivity index (χ3n) is 2.64. The summed E-state index contributed by atoms with van der Waals surface area (Å²) in [5, 5.41) is 5.85. The summed E-state index contributed by atoms with van der Waals surface area (Å²) in [6.45, 7) is 6.30. The Balaban J connectivity index is 2.67. The average molecular weight is 214 g/mol. The number of carbonyl (C=O) groups excluding carboxylic acids is 2. The molecule has 0 aromatic heterocycles. The quantitative estimate of drug-likeness (QED) is 0.647. The van der Waals surface area contributed by atoms with Crippen molar-refractivity contribution < 1.29 is 14.3 Å². The van der Waals surface area contributed by atoms with Gasteiger partial charge in [-0.2, -0.15) is 0 Å². The third kappa shape index (κ3) is 2.68. The molecule has 5 nitrogen and oxygen atoms in total. The molecule has 1 aliphatic rings. The van der Waals surface area contributed by atoms with E-state index in [1.165, 1.54) is 0 Å². The molecule has 1 saturated heterocycles. The Bertz CT molecular complexity index is 265. The molecule has 5 heteroatoms. The van der Waals surface area contributed by atoms with Crippen LogP contribution in [-0.2, 0) is 14.3 Å². The molecule has 1 heterocycles. The van der Waals surface area contributed by atoms with Gasteiger partial charge in [0.25, 0.3) is 0 Å². The Morgan fingerprint density at radius 3 is 2.67 bits per heavy atom. The molecule has 15 heavy (non-hydrogen) atoms. The predicted molar refractivity (Wildman–Crippen MR) is 55.0 cm³/mol. The second-order valence-corrected chi connectivity index (χ2v) is 4.01. The summed E-state index contributed by atoms with van der Waals surface area (Å²) < 4.78 is 4.88. The number of rotatable bonds is 4. The van der Waals surface area contributed by atoms with Gasteiger partial charge in [0.05, 0.1) is 19.6 Å². The van der Waals surface area contributed by atoms with Crippen LogP contribution < -0.4 is 10.6 Å². The number of amides is 1. The summed E-state index contributed by atoms with van der Waals surface area (Å²) in [4.78, 5) is 22.6. The lowest BCUT2D eigenvalue weighted by atomic mass is 9.93. The SMILES string of the molecule is CCOC(=O)CC1(C(C)C)NCC(=O)N1. The molecule has 0 aromatic carbocycles. The van der Waals surface area contributed by atoms with Crippen molar-refractivity contribution in [1.82, 2.24) is 10.6 Å². The molecular weight excluding hydrogens is 196 g/mol. The van der Waals surface area contributed by atoms with Gasteiger partial charge in [-0.25, -0.2) is 0 Å². The topological polar surface area (TPSA) is 67.4 Å². The van der Waals surface area contributed by atoms with E-state index in [1.54, 1.807) is 6.92 Å². The van der Waals surface area contributed by atoms with Crippen LogP contribution in [-0.4, -0.2) is 30.7 Å². The minimum Gasteiger partial charge on any atom is -0.466 e. The first-order valence-corrected chi connectivity index (χ1v) is 5.22. The van der Waals surface area contributed by atoms with E-state index in [-0.39, 0.29) is 30.8 Å². The lowest BCUT2D eigenvalue weighted by molar-refractivity contribution is -0.145. The Morgan fingerprint density at radius 2 is 2.27 bits per heavy atom. The van der Waals surface area contributed by atoms with Gasteiger partial charge in [-0.05, 0) is 12.8 Å². The number of hydrogen-bond acceptors (Lipinski definition) is 4. The summed E-state index contributed by atoms with van der Waals surface area (Å²) in [6, 6.07) is 0. The van der Waals surface area contributed by atoms with Crippen molar-refractivity contribution in [3.8, 4) is 0 Å². The first kappa shape index (κ1) is 12.0. The molecule has 1 atom stereocenters. The zero-order valence-corrected chi connectivity index (χ0v) is 9.42. The molecule has 0 aromatic rings. The zero-order valence-electron chi connectivity index (χ0n) is 9.42. The van der Waals surface area contributed by atoms with Crippen LogP contribution in [0.2, 0.25) is 0 Å². The highest BCUT2D eigenvalue weighted by Crippen LogP contribution is 2.21. The van der Waals surface area contributed by atoms with Crippen LogP contribution in [0.1, 0.15) is 27.2 Å². The van der Waals surface area contributed by atoms with Gasteiger partial charge in [0.1, 0.15) is 5.66 Å². The lowest BCUT2D eigenvalue weighted by Gasteiger charge is -2.32. The molecular formula is C10H18N2O3. The van der Waals surface area contributed by atoms with Crippen LogP contribution >= 0.6 is 0 Å². The maximum Gasteiger partial charge on any atom is 0.309 e. The highest BCUT2D eigenvalue weighted by molar-refractivity contribution is 5.83. The maximum absolute atomic E-state index is 11.4. The molecule has 0 aliphatic carbocycles. The van der Waals surface area contributed by atoms with Crippen molar-refractivity contribution in [1.29, 1.82) is 0 Å². The van der Waals surface area contributed by atoms with Gasteiger partial charge in [-0.1, -0.05) is 13.8 Å². The molecule has 0 spiro atoms. The Hall–Kier alpha value is -1.10. The van der Waals surface area contributed by atoms with E-state index in [9.17, 15) is 9.59 Å². The van der Waals surface area contributed by atoms with Gasteiger partial charge >= 0.3 is 5.97 Å². The molecule has 1 unspecified atom stereocenters. The number of esters is 1. The van der Waals surface area contributed by atoms with Gasteiger partial charge in [0.15, 0.2) is 0 Å². The van der Waals surface area contributed by atoms with Crippen LogP contribution in [0.3, 0.4) is 0 Å². The summed E-state index contributed by atoms with van der Waals surface area (Å²) in [7, 11) is 0.